The molecule has 2 atom stereocenters. The lowest BCUT2D eigenvalue weighted by molar-refractivity contribution is 0.00597. The van der Waals surface area contributed by atoms with Crippen molar-refractivity contribution in [3.8, 4) is 0 Å². The molecule has 0 bridgehead atoms. The van der Waals surface area contributed by atoms with Crippen molar-refractivity contribution in [2.75, 3.05) is 0 Å². The van der Waals surface area contributed by atoms with Gasteiger partial charge in [0.05, 0.1) is 11.7 Å². The minimum Gasteiger partial charge on any atom is -0.390 e. The Labute approximate surface area is 96.9 Å². The molecule has 0 spiro atoms. The molecule has 0 heterocycles. The molecule has 0 saturated heterocycles. The number of aliphatic hydroxyl groups excluding tert-OH is 1. The second-order valence-corrected chi connectivity index (χ2v) is 5.46. The molecule has 0 amide bonds. The molecular weight excluding hydrogens is 200 g/mol. The highest BCUT2D eigenvalue weighted by molar-refractivity contribution is 5.31. The normalized spacial score (nSPS) is 25.2. The minimum atomic E-state index is -0.696. The van der Waals surface area contributed by atoms with Crippen LogP contribution in [0.3, 0.4) is 0 Å². The van der Waals surface area contributed by atoms with E-state index in [1.165, 1.54) is 5.56 Å². The Kier molecular flexibility index (Phi) is 3.04. The van der Waals surface area contributed by atoms with Gasteiger partial charge in [-0.25, -0.2) is 0 Å². The van der Waals surface area contributed by atoms with Gasteiger partial charge in [0.25, 0.3) is 0 Å². The lowest BCUT2D eigenvalue weighted by Crippen LogP contribution is -2.29. The van der Waals surface area contributed by atoms with E-state index in [-0.39, 0.29) is 5.92 Å². The minimum absolute atomic E-state index is 0.176. The van der Waals surface area contributed by atoms with Gasteiger partial charge in [0.2, 0.25) is 0 Å². The summed E-state index contributed by atoms with van der Waals surface area (Å²) in [5, 5.41) is 20.1. The van der Waals surface area contributed by atoms with Crippen LogP contribution in [-0.4, -0.2) is 15.8 Å². The molecule has 0 aliphatic heterocycles. The van der Waals surface area contributed by atoms with E-state index < -0.39 is 11.7 Å². The van der Waals surface area contributed by atoms with Gasteiger partial charge in [0.1, 0.15) is 0 Å². The van der Waals surface area contributed by atoms with E-state index >= 15 is 0 Å². The standard InChI is InChI=1S/C14H20O2/c1-14(2,16)9-11-8-7-10-5-3-4-6-12(10)13(11)15/h3-6,11,13,15-16H,7-9H2,1-2H3. The lowest BCUT2D eigenvalue weighted by atomic mass is 9.77. The number of fused-ring (bicyclic) bond motifs is 1. The van der Waals surface area contributed by atoms with Crippen LogP contribution in [-0.2, 0) is 6.42 Å². The van der Waals surface area contributed by atoms with Crippen LogP contribution < -0.4 is 0 Å². The van der Waals surface area contributed by atoms with Crippen LogP contribution in [0.25, 0.3) is 0 Å². The van der Waals surface area contributed by atoms with Crippen LogP contribution in [0.5, 0.6) is 0 Å². The predicted octanol–water partition coefficient (Wildman–Crippen LogP) is 2.44. The van der Waals surface area contributed by atoms with Gasteiger partial charge in [0.15, 0.2) is 0 Å². The van der Waals surface area contributed by atoms with Crippen LogP contribution in [0.4, 0.5) is 0 Å². The maximum atomic E-state index is 10.3. The lowest BCUT2D eigenvalue weighted by Gasteiger charge is -2.33. The van der Waals surface area contributed by atoms with E-state index in [1.54, 1.807) is 13.8 Å². The first-order valence-electron chi connectivity index (χ1n) is 5.95. The molecule has 2 nitrogen and oxygen atoms in total. The van der Waals surface area contributed by atoms with Crippen molar-refractivity contribution in [3.05, 3.63) is 35.4 Å². The summed E-state index contributed by atoms with van der Waals surface area (Å²) in [5.41, 5.74) is 1.60. The zero-order valence-corrected chi connectivity index (χ0v) is 9.98. The fourth-order valence-corrected chi connectivity index (χ4v) is 2.66. The van der Waals surface area contributed by atoms with Gasteiger partial charge < -0.3 is 10.2 Å². The van der Waals surface area contributed by atoms with Crippen molar-refractivity contribution in [2.45, 2.75) is 44.8 Å². The van der Waals surface area contributed by atoms with Crippen LogP contribution in [0.2, 0.25) is 0 Å². The summed E-state index contributed by atoms with van der Waals surface area (Å²) >= 11 is 0. The molecule has 0 radical (unpaired) electrons. The van der Waals surface area contributed by atoms with Crippen molar-refractivity contribution < 1.29 is 10.2 Å². The van der Waals surface area contributed by atoms with E-state index in [0.29, 0.717) is 6.42 Å². The van der Waals surface area contributed by atoms with Crippen molar-refractivity contribution in [1.29, 1.82) is 0 Å². The van der Waals surface area contributed by atoms with Crippen LogP contribution >= 0.6 is 0 Å². The Hall–Kier alpha value is -0.860. The van der Waals surface area contributed by atoms with E-state index in [2.05, 4.69) is 6.07 Å². The van der Waals surface area contributed by atoms with Crippen molar-refractivity contribution in [1.82, 2.24) is 0 Å². The SMILES string of the molecule is CC(C)(O)CC1CCc2ccccc2C1O. The number of aryl methyl sites for hydroxylation is 1. The monoisotopic (exact) mass is 220 g/mol. The Bertz CT molecular complexity index is 365. The summed E-state index contributed by atoms with van der Waals surface area (Å²) in [7, 11) is 0. The number of rotatable bonds is 2. The van der Waals surface area contributed by atoms with Gasteiger partial charge in [-0.2, -0.15) is 0 Å². The van der Waals surface area contributed by atoms with Crippen molar-refractivity contribution in [3.63, 3.8) is 0 Å². The first-order valence-corrected chi connectivity index (χ1v) is 5.95. The Balaban J connectivity index is 2.18. The first-order chi connectivity index (χ1) is 7.47. The van der Waals surface area contributed by atoms with Crippen LogP contribution in [0, 0.1) is 5.92 Å². The molecule has 2 unspecified atom stereocenters. The molecule has 0 fully saturated rings. The van der Waals surface area contributed by atoms with Crippen LogP contribution in [0.1, 0.15) is 43.9 Å². The third-order valence-corrected chi connectivity index (χ3v) is 3.37. The van der Waals surface area contributed by atoms with Gasteiger partial charge >= 0.3 is 0 Å². The fraction of sp³-hybridized carbons (Fsp3) is 0.571. The fourth-order valence-electron chi connectivity index (χ4n) is 2.66. The van der Waals surface area contributed by atoms with E-state index in [0.717, 1.165) is 18.4 Å². The number of benzene rings is 1. The predicted molar refractivity (Wildman–Crippen MR) is 64.1 cm³/mol. The average Bonchev–Trinajstić information content (AvgIpc) is 2.21. The van der Waals surface area contributed by atoms with Crippen LogP contribution in [0.15, 0.2) is 24.3 Å². The number of aliphatic hydroxyl groups is 2. The molecule has 2 N–H and O–H groups in total. The quantitative estimate of drug-likeness (QED) is 0.803. The van der Waals surface area contributed by atoms with Gasteiger partial charge in [-0.15, -0.1) is 0 Å². The number of hydrogen-bond acceptors (Lipinski definition) is 2. The number of hydrogen-bond donors (Lipinski definition) is 2. The summed E-state index contributed by atoms with van der Waals surface area (Å²) in [5.74, 6) is 0.176. The average molecular weight is 220 g/mol. The molecule has 1 aliphatic rings. The molecule has 0 saturated carbocycles. The highest BCUT2D eigenvalue weighted by Crippen LogP contribution is 2.38. The molecular formula is C14H20O2. The summed E-state index contributed by atoms with van der Waals surface area (Å²) in [6.45, 7) is 3.61. The summed E-state index contributed by atoms with van der Waals surface area (Å²) in [6, 6.07) is 8.06. The molecule has 2 heteroatoms. The van der Waals surface area contributed by atoms with Gasteiger partial charge in [-0.3, -0.25) is 0 Å². The zero-order valence-electron chi connectivity index (χ0n) is 9.98. The zero-order chi connectivity index (χ0) is 11.8. The third-order valence-electron chi connectivity index (χ3n) is 3.37. The van der Waals surface area contributed by atoms with E-state index in [4.69, 9.17) is 0 Å². The Morgan fingerprint density at radius 1 is 1.31 bits per heavy atom. The maximum Gasteiger partial charge on any atom is 0.0822 e. The summed E-state index contributed by atoms with van der Waals surface area (Å²) in [6.07, 6.45) is 2.20. The summed E-state index contributed by atoms with van der Waals surface area (Å²) < 4.78 is 0. The van der Waals surface area contributed by atoms with Gasteiger partial charge in [-0.05, 0) is 50.2 Å². The van der Waals surface area contributed by atoms with Crippen molar-refractivity contribution >= 4 is 0 Å². The topological polar surface area (TPSA) is 40.5 Å². The second-order valence-electron chi connectivity index (χ2n) is 5.46. The van der Waals surface area contributed by atoms with Gasteiger partial charge in [0, 0.05) is 0 Å². The molecule has 1 aromatic carbocycles. The highest BCUT2D eigenvalue weighted by atomic mass is 16.3. The Morgan fingerprint density at radius 3 is 2.69 bits per heavy atom. The second kappa shape index (κ2) is 4.19. The largest absolute Gasteiger partial charge is 0.390 e. The molecule has 16 heavy (non-hydrogen) atoms. The Morgan fingerprint density at radius 2 is 2.00 bits per heavy atom. The maximum absolute atomic E-state index is 10.3. The molecule has 1 aromatic rings. The molecule has 1 aliphatic carbocycles. The molecule has 0 aromatic heterocycles. The molecule has 88 valence electrons. The van der Waals surface area contributed by atoms with Gasteiger partial charge in [-0.1, -0.05) is 24.3 Å². The van der Waals surface area contributed by atoms with Crippen molar-refractivity contribution in [2.24, 2.45) is 5.92 Å². The first kappa shape index (κ1) is 11.6. The third kappa shape index (κ3) is 2.45. The highest BCUT2D eigenvalue weighted by Gasteiger charge is 2.31. The van der Waals surface area contributed by atoms with E-state index in [1.807, 2.05) is 18.2 Å². The smallest absolute Gasteiger partial charge is 0.0822 e. The molecule has 2 rings (SSSR count). The summed E-state index contributed by atoms with van der Waals surface area (Å²) in [4.78, 5) is 0. The van der Waals surface area contributed by atoms with E-state index in [9.17, 15) is 10.2 Å².